The molecule has 178 valence electrons. The van der Waals surface area contributed by atoms with Gasteiger partial charge in [-0.3, -0.25) is 10.1 Å². The zero-order valence-electron chi connectivity index (χ0n) is 18.6. The maximum atomic E-state index is 12.8. The topological polar surface area (TPSA) is 87.7 Å². The van der Waals surface area contributed by atoms with Gasteiger partial charge in [0.1, 0.15) is 5.75 Å². The van der Waals surface area contributed by atoms with E-state index < -0.39 is 15.9 Å². The molecule has 0 aromatic heterocycles. The van der Waals surface area contributed by atoms with Gasteiger partial charge in [-0.2, -0.15) is 4.31 Å². The minimum atomic E-state index is -3.51. The number of amides is 1. The fourth-order valence-corrected chi connectivity index (χ4v) is 5.68. The van der Waals surface area contributed by atoms with Gasteiger partial charge >= 0.3 is 0 Å². The van der Waals surface area contributed by atoms with E-state index >= 15 is 0 Å². The van der Waals surface area contributed by atoms with Crippen LogP contribution in [0.5, 0.6) is 5.75 Å². The van der Waals surface area contributed by atoms with E-state index in [1.807, 2.05) is 18.2 Å². The van der Waals surface area contributed by atoms with Crippen LogP contribution in [-0.4, -0.2) is 43.4 Å². The first kappa shape index (κ1) is 25.6. The van der Waals surface area contributed by atoms with Gasteiger partial charge in [0.15, 0.2) is 11.7 Å². The second kappa shape index (κ2) is 11.4. The molecule has 0 bridgehead atoms. The van der Waals surface area contributed by atoms with Crippen molar-refractivity contribution in [2.75, 3.05) is 25.0 Å². The molecule has 1 fully saturated rings. The Morgan fingerprint density at radius 1 is 1.18 bits per heavy atom. The van der Waals surface area contributed by atoms with Crippen LogP contribution in [0.25, 0.3) is 0 Å². The fourth-order valence-electron chi connectivity index (χ4n) is 3.43. The van der Waals surface area contributed by atoms with Crippen molar-refractivity contribution in [2.24, 2.45) is 5.92 Å². The number of rotatable bonds is 7. The highest BCUT2D eigenvalue weighted by Gasteiger charge is 2.27. The highest BCUT2D eigenvalue weighted by Crippen LogP contribution is 2.26. The van der Waals surface area contributed by atoms with Crippen molar-refractivity contribution in [1.82, 2.24) is 9.62 Å². The van der Waals surface area contributed by atoms with Crippen molar-refractivity contribution in [3.63, 3.8) is 0 Å². The number of nitrogens with one attached hydrogen (secondary N) is 2. The van der Waals surface area contributed by atoms with Gasteiger partial charge in [0, 0.05) is 18.8 Å². The molecule has 0 aliphatic carbocycles. The Morgan fingerprint density at radius 3 is 2.45 bits per heavy atom. The molecule has 1 aliphatic rings. The van der Waals surface area contributed by atoms with Crippen molar-refractivity contribution >= 4 is 54.9 Å². The largest absolute Gasteiger partial charge is 0.483 e. The lowest BCUT2D eigenvalue weighted by molar-refractivity contribution is -0.121. The zero-order valence-corrected chi connectivity index (χ0v) is 21.9. The van der Waals surface area contributed by atoms with E-state index in [0.29, 0.717) is 30.4 Å². The maximum Gasteiger partial charge on any atom is 0.264 e. The summed E-state index contributed by atoms with van der Waals surface area (Å²) in [6.07, 6.45) is 2.65. The summed E-state index contributed by atoms with van der Waals surface area (Å²) in [6.45, 7) is 5.09. The lowest BCUT2D eigenvalue weighted by atomic mass is 10.0. The Bertz CT molecular complexity index is 1100. The Kier molecular flexibility index (Phi) is 8.86. The number of anilines is 1. The molecule has 2 aromatic rings. The number of thiocarbonyl (C=S) groups is 1. The second-order valence-corrected chi connectivity index (χ2v) is 11.2. The molecule has 0 spiro atoms. The van der Waals surface area contributed by atoms with Crippen LogP contribution in [0.15, 0.2) is 51.8 Å². The molecule has 0 unspecified atom stereocenters. The average Bonchev–Trinajstić information content (AvgIpc) is 2.78. The molecular weight excluding hydrogens is 526 g/mol. The van der Waals surface area contributed by atoms with Crippen molar-refractivity contribution in [2.45, 2.75) is 38.0 Å². The van der Waals surface area contributed by atoms with E-state index in [0.717, 1.165) is 29.3 Å². The molecule has 2 N–H and O–H groups in total. The number of piperidine rings is 1. The minimum Gasteiger partial charge on any atom is -0.483 e. The number of carbonyl (C=O) groups excluding carboxylic acids is 1. The van der Waals surface area contributed by atoms with Gasteiger partial charge in [-0.15, -0.1) is 0 Å². The molecule has 33 heavy (non-hydrogen) atoms. The zero-order chi connectivity index (χ0) is 24.0. The predicted molar refractivity (Wildman–Crippen MR) is 137 cm³/mol. The van der Waals surface area contributed by atoms with E-state index in [2.05, 4.69) is 40.4 Å². The summed E-state index contributed by atoms with van der Waals surface area (Å²) in [4.78, 5) is 12.4. The van der Waals surface area contributed by atoms with Crippen LogP contribution in [0.1, 0.15) is 32.3 Å². The van der Waals surface area contributed by atoms with Crippen LogP contribution in [0.2, 0.25) is 0 Å². The predicted octanol–water partition coefficient (Wildman–Crippen LogP) is 4.32. The van der Waals surface area contributed by atoms with Gasteiger partial charge in [0.2, 0.25) is 10.0 Å². The summed E-state index contributed by atoms with van der Waals surface area (Å²) < 4.78 is 33.5. The molecule has 10 heteroatoms. The van der Waals surface area contributed by atoms with E-state index in [-0.39, 0.29) is 16.6 Å². The summed E-state index contributed by atoms with van der Waals surface area (Å²) in [7, 11) is -3.51. The molecule has 2 aromatic carbocycles. The normalized spacial score (nSPS) is 15.1. The number of halogens is 1. The van der Waals surface area contributed by atoms with Crippen LogP contribution in [-0.2, 0) is 21.2 Å². The fraction of sp³-hybridized carbons (Fsp3) is 0.391. The number of aryl methyl sites for hydroxylation is 1. The van der Waals surface area contributed by atoms with Crippen LogP contribution >= 0.6 is 28.1 Å². The smallest absolute Gasteiger partial charge is 0.264 e. The first-order valence-corrected chi connectivity index (χ1v) is 13.5. The number of nitrogens with zero attached hydrogens (tertiary/aromatic N) is 1. The van der Waals surface area contributed by atoms with Gasteiger partial charge < -0.3 is 10.1 Å². The van der Waals surface area contributed by atoms with Crippen molar-refractivity contribution in [3.8, 4) is 5.75 Å². The molecule has 0 radical (unpaired) electrons. The summed E-state index contributed by atoms with van der Waals surface area (Å²) in [6, 6.07) is 12.0. The van der Waals surface area contributed by atoms with Crippen LogP contribution < -0.4 is 15.4 Å². The quantitative estimate of drug-likeness (QED) is 0.496. The number of benzene rings is 2. The van der Waals surface area contributed by atoms with Gasteiger partial charge in [-0.25, -0.2) is 8.42 Å². The summed E-state index contributed by atoms with van der Waals surface area (Å²) >= 11 is 8.63. The number of sulfonamides is 1. The Labute approximate surface area is 209 Å². The van der Waals surface area contributed by atoms with Gasteiger partial charge in [-0.1, -0.05) is 19.9 Å². The average molecular weight is 555 g/mol. The lowest BCUT2D eigenvalue weighted by Crippen LogP contribution is -2.38. The number of carbonyl (C=O) groups is 1. The minimum absolute atomic E-state index is 0.102. The van der Waals surface area contributed by atoms with Crippen molar-refractivity contribution in [3.05, 3.63) is 52.5 Å². The maximum absolute atomic E-state index is 12.8. The second-order valence-electron chi connectivity index (χ2n) is 8.02. The molecule has 0 atom stereocenters. The number of ether oxygens (including phenoxy) is 1. The highest BCUT2D eigenvalue weighted by atomic mass is 79.9. The third kappa shape index (κ3) is 6.99. The summed E-state index contributed by atoms with van der Waals surface area (Å²) in [5.74, 6) is 0.714. The van der Waals surface area contributed by atoms with Crippen LogP contribution in [0.3, 0.4) is 0 Å². The highest BCUT2D eigenvalue weighted by molar-refractivity contribution is 9.10. The van der Waals surface area contributed by atoms with Gasteiger partial charge in [0.05, 0.1) is 9.37 Å². The van der Waals surface area contributed by atoms with E-state index in [1.54, 1.807) is 24.3 Å². The molecule has 1 aliphatic heterocycles. The third-order valence-corrected chi connectivity index (χ3v) is 8.25. The summed E-state index contributed by atoms with van der Waals surface area (Å²) in [5.41, 5.74) is 1.73. The van der Waals surface area contributed by atoms with E-state index in [9.17, 15) is 13.2 Å². The van der Waals surface area contributed by atoms with E-state index in [1.165, 1.54) is 4.31 Å². The van der Waals surface area contributed by atoms with Gasteiger partial charge in [-0.05, 0) is 95.3 Å². The molecule has 1 saturated heterocycles. The third-order valence-electron chi connectivity index (χ3n) is 5.51. The SMILES string of the molecule is CCc1ccc(OCC(=O)NC(=S)Nc2ccc(S(=O)(=O)N3CCC(C)CC3)cc2)c(Br)c1. The first-order chi connectivity index (χ1) is 15.7. The Morgan fingerprint density at radius 2 is 1.85 bits per heavy atom. The molecule has 3 rings (SSSR count). The Hall–Kier alpha value is -2.01. The molecular formula is C23H28BrN3O4S2. The Balaban J connectivity index is 1.50. The van der Waals surface area contributed by atoms with Crippen molar-refractivity contribution in [1.29, 1.82) is 0 Å². The number of hydrogen-bond acceptors (Lipinski definition) is 5. The molecule has 1 heterocycles. The lowest BCUT2D eigenvalue weighted by Gasteiger charge is -2.29. The summed E-state index contributed by atoms with van der Waals surface area (Å²) in [5, 5.41) is 5.55. The molecule has 0 saturated carbocycles. The van der Waals surface area contributed by atoms with Crippen LogP contribution in [0.4, 0.5) is 5.69 Å². The molecule has 7 nitrogen and oxygen atoms in total. The first-order valence-electron chi connectivity index (χ1n) is 10.8. The van der Waals surface area contributed by atoms with E-state index in [4.69, 9.17) is 17.0 Å². The molecule has 1 amide bonds. The standard InChI is InChI=1S/C23H28BrN3O4S2/c1-3-17-4-9-21(20(24)14-17)31-15-22(28)26-23(32)25-18-5-7-19(8-6-18)33(29,30)27-12-10-16(2)11-13-27/h4-9,14,16H,3,10-13,15H2,1-2H3,(H2,25,26,28,32). The number of hydrogen-bond donors (Lipinski definition) is 2. The van der Waals surface area contributed by atoms with Gasteiger partial charge in [0.25, 0.3) is 5.91 Å². The van der Waals surface area contributed by atoms with Crippen molar-refractivity contribution < 1.29 is 17.9 Å². The van der Waals surface area contributed by atoms with Crippen LogP contribution in [0, 0.1) is 5.92 Å². The monoisotopic (exact) mass is 553 g/mol.